The van der Waals surface area contributed by atoms with Gasteiger partial charge in [0, 0.05) is 17.9 Å². The number of aryl methyl sites for hydroxylation is 2. The van der Waals surface area contributed by atoms with E-state index in [9.17, 15) is 0 Å². The number of rotatable bonds is 4. The maximum atomic E-state index is 4.15. The van der Waals surface area contributed by atoms with Crippen molar-refractivity contribution >= 4 is 0 Å². The van der Waals surface area contributed by atoms with E-state index < -0.39 is 0 Å². The van der Waals surface area contributed by atoms with Gasteiger partial charge in [0.25, 0.3) is 0 Å². The molecule has 0 aliphatic rings. The van der Waals surface area contributed by atoms with Crippen LogP contribution in [0.15, 0.2) is 18.5 Å². The van der Waals surface area contributed by atoms with Crippen LogP contribution in [0.2, 0.25) is 0 Å². The summed E-state index contributed by atoms with van der Waals surface area (Å²) in [5.41, 5.74) is 2.94. The van der Waals surface area contributed by atoms with Crippen LogP contribution in [-0.2, 0) is 6.42 Å². The lowest BCUT2D eigenvalue weighted by Crippen LogP contribution is -2.36. The molecule has 0 atom stereocenters. The fourth-order valence-corrected chi connectivity index (χ4v) is 1.50. The molecular formula is C13H22N2. The summed E-state index contributed by atoms with van der Waals surface area (Å²) in [6.07, 6.45) is 6.12. The number of pyridine rings is 1. The summed E-state index contributed by atoms with van der Waals surface area (Å²) in [6.45, 7) is 9.80. The zero-order valence-corrected chi connectivity index (χ0v) is 10.3. The van der Waals surface area contributed by atoms with Gasteiger partial charge in [0.2, 0.25) is 0 Å². The van der Waals surface area contributed by atoms with Gasteiger partial charge in [-0.2, -0.15) is 0 Å². The van der Waals surface area contributed by atoms with Crippen molar-refractivity contribution < 1.29 is 0 Å². The van der Waals surface area contributed by atoms with Gasteiger partial charge in [-0.3, -0.25) is 4.98 Å². The van der Waals surface area contributed by atoms with Gasteiger partial charge in [0.15, 0.2) is 0 Å². The second-order valence-corrected chi connectivity index (χ2v) is 5.08. The molecule has 0 bridgehead atoms. The third-order valence-electron chi connectivity index (χ3n) is 2.43. The Labute approximate surface area is 93.1 Å². The molecule has 1 aromatic rings. The van der Waals surface area contributed by atoms with Crippen molar-refractivity contribution in [3.05, 3.63) is 29.6 Å². The molecule has 0 aliphatic heterocycles. The van der Waals surface area contributed by atoms with Gasteiger partial charge >= 0.3 is 0 Å². The van der Waals surface area contributed by atoms with E-state index >= 15 is 0 Å². The van der Waals surface area contributed by atoms with E-state index in [0.29, 0.717) is 0 Å². The van der Waals surface area contributed by atoms with Gasteiger partial charge in [-0.15, -0.1) is 0 Å². The first kappa shape index (κ1) is 12.2. The van der Waals surface area contributed by atoms with Crippen molar-refractivity contribution in [2.24, 2.45) is 0 Å². The molecule has 0 unspecified atom stereocenters. The van der Waals surface area contributed by atoms with Crippen LogP contribution in [0.5, 0.6) is 0 Å². The maximum Gasteiger partial charge on any atom is 0.0302 e. The predicted molar refractivity (Wildman–Crippen MR) is 65.1 cm³/mol. The van der Waals surface area contributed by atoms with Crippen LogP contribution in [0.3, 0.4) is 0 Å². The zero-order valence-electron chi connectivity index (χ0n) is 10.3. The largest absolute Gasteiger partial charge is 0.312 e. The quantitative estimate of drug-likeness (QED) is 0.766. The Morgan fingerprint density at radius 3 is 2.67 bits per heavy atom. The molecule has 1 heterocycles. The summed E-state index contributed by atoms with van der Waals surface area (Å²) in [7, 11) is 0. The molecule has 0 fully saturated rings. The first-order valence-corrected chi connectivity index (χ1v) is 5.63. The number of hydrogen-bond acceptors (Lipinski definition) is 2. The van der Waals surface area contributed by atoms with Crippen LogP contribution in [0.4, 0.5) is 0 Å². The Morgan fingerprint density at radius 2 is 2.07 bits per heavy atom. The first-order chi connectivity index (χ1) is 6.99. The van der Waals surface area contributed by atoms with Crippen molar-refractivity contribution in [1.82, 2.24) is 10.3 Å². The number of nitrogens with one attached hydrogen (secondary N) is 1. The highest BCUT2D eigenvalue weighted by atomic mass is 14.9. The molecule has 2 nitrogen and oxygen atoms in total. The molecule has 1 rings (SSSR count). The zero-order chi connectivity index (χ0) is 11.3. The van der Waals surface area contributed by atoms with Crippen LogP contribution in [-0.4, -0.2) is 17.1 Å². The predicted octanol–water partition coefficient (Wildman–Crippen LogP) is 2.71. The van der Waals surface area contributed by atoms with Crippen LogP contribution in [0.25, 0.3) is 0 Å². The highest BCUT2D eigenvalue weighted by Crippen LogP contribution is 2.07. The Hall–Kier alpha value is -0.890. The van der Waals surface area contributed by atoms with Crippen LogP contribution in [0.1, 0.15) is 38.3 Å². The minimum Gasteiger partial charge on any atom is -0.312 e. The third kappa shape index (κ3) is 4.93. The van der Waals surface area contributed by atoms with Crippen LogP contribution in [0, 0.1) is 6.92 Å². The summed E-state index contributed by atoms with van der Waals surface area (Å²) < 4.78 is 0. The van der Waals surface area contributed by atoms with E-state index in [0.717, 1.165) is 13.0 Å². The highest BCUT2D eigenvalue weighted by Gasteiger charge is 2.07. The van der Waals surface area contributed by atoms with Gasteiger partial charge < -0.3 is 5.32 Å². The Kier molecular flexibility index (Phi) is 4.28. The normalized spacial score (nSPS) is 11.7. The summed E-state index contributed by atoms with van der Waals surface area (Å²) in [4.78, 5) is 4.15. The molecule has 0 aliphatic carbocycles. The number of hydrogen-bond donors (Lipinski definition) is 1. The van der Waals surface area contributed by atoms with Gasteiger partial charge in [-0.25, -0.2) is 0 Å². The molecule has 0 saturated carbocycles. The van der Waals surface area contributed by atoms with E-state index in [1.54, 1.807) is 0 Å². The van der Waals surface area contributed by atoms with Gasteiger partial charge in [-0.05, 0) is 64.3 Å². The molecule has 0 amide bonds. The second-order valence-electron chi connectivity index (χ2n) is 5.08. The molecule has 2 heteroatoms. The molecule has 0 spiro atoms. The van der Waals surface area contributed by atoms with E-state index in [1.807, 2.05) is 12.4 Å². The van der Waals surface area contributed by atoms with Gasteiger partial charge in [0.1, 0.15) is 0 Å². The lowest BCUT2D eigenvalue weighted by atomic mass is 10.1. The fourth-order valence-electron chi connectivity index (χ4n) is 1.50. The van der Waals surface area contributed by atoms with E-state index in [2.05, 4.69) is 44.1 Å². The van der Waals surface area contributed by atoms with Crippen molar-refractivity contribution in [1.29, 1.82) is 0 Å². The number of nitrogens with zero attached hydrogens (tertiary/aromatic N) is 1. The SMILES string of the molecule is Cc1ccncc1CCCNC(C)(C)C. The highest BCUT2D eigenvalue weighted by molar-refractivity contribution is 5.21. The average Bonchev–Trinajstić information content (AvgIpc) is 2.13. The lowest BCUT2D eigenvalue weighted by Gasteiger charge is -2.20. The Morgan fingerprint density at radius 1 is 1.33 bits per heavy atom. The summed E-state index contributed by atoms with van der Waals surface area (Å²) >= 11 is 0. The molecule has 0 radical (unpaired) electrons. The Bertz CT molecular complexity index is 300. The number of aromatic nitrogens is 1. The van der Waals surface area contributed by atoms with E-state index in [-0.39, 0.29) is 5.54 Å². The van der Waals surface area contributed by atoms with Crippen molar-refractivity contribution in [3.63, 3.8) is 0 Å². The molecule has 0 saturated heterocycles. The van der Waals surface area contributed by atoms with Crippen molar-refractivity contribution in [3.8, 4) is 0 Å². The van der Waals surface area contributed by atoms with Crippen molar-refractivity contribution in [2.75, 3.05) is 6.54 Å². The van der Waals surface area contributed by atoms with Gasteiger partial charge in [-0.1, -0.05) is 0 Å². The summed E-state index contributed by atoms with van der Waals surface area (Å²) in [5.74, 6) is 0. The fraction of sp³-hybridized carbons (Fsp3) is 0.615. The first-order valence-electron chi connectivity index (χ1n) is 5.63. The molecule has 0 aromatic carbocycles. The topological polar surface area (TPSA) is 24.9 Å². The third-order valence-corrected chi connectivity index (χ3v) is 2.43. The molecule has 1 N–H and O–H groups in total. The van der Waals surface area contributed by atoms with E-state index in [4.69, 9.17) is 0 Å². The van der Waals surface area contributed by atoms with Crippen LogP contribution >= 0.6 is 0 Å². The van der Waals surface area contributed by atoms with E-state index in [1.165, 1.54) is 17.5 Å². The summed E-state index contributed by atoms with van der Waals surface area (Å²) in [5, 5.41) is 3.49. The molecular weight excluding hydrogens is 184 g/mol. The minimum atomic E-state index is 0.226. The average molecular weight is 206 g/mol. The summed E-state index contributed by atoms with van der Waals surface area (Å²) in [6, 6.07) is 2.08. The van der Waals surface area contributed by atoms with Crippen molar-refractivity contribution in [2.45, 2.75) is 46.1 Å². The van der Waals surface area contributed by atoms with Gasteiger partial charge in [0.05, 0.1) is 0 Å². The minimum absolute atomic E-state index is 0.226. The molecule has 15 heavy (non-hydrogen) atoms. The molecule has 84 valence electrons. The monoisotopic (exact) mass is 206 g/mol. The van der Waals surface area contributed by atoms with Crippen LogP contribution < -0.4 is 5.32 Å². The molecule has 1 aromatic heterocycles. The smallest absolute Gasteiger partial charge is 0.0302 e. The maximum absolute atomic E-state index is 4.15. The Balaban J connectivity index is 2.30. The second kappa shape index (κ2) is 5.26. The standard InChI is InChI=1S/C13H22N2/c1-11-7-9-14-10-12(11)6-5-8-15-13(2,3)4/h7,9-10,15H,5-6,8H2,1-4H3. The lowest BCUT2D eigenvalue weighted by molar-refractivity contribution is 0.422.